The van der Waals surface area contributed by atoms with E-state index in [1.54, 1.807) is 12.1 Å². The Labute approximate surface area is 214 Å². The molecule has 7 nitrogen and oxygen atoms in total. The van der Waals surface area contributed by atoms with E-state index in [2.05, 4.69) is 10.1 Å². The number of rotatable bonds is 3. The Hall–Kier alpha value is -3.04. The summed E-state index contributed by atoms with van der Waals surface area (Å²) in [4.78, 5) is 6.34. The van der Waals surface area contributed by atoms with E-state index in [1.807, 2.05) is 56.0 Å². The molecule has 2 saturated heterocycles. The van der Waals surface area contributed by atoms with Crippen molar-refractivity contribution >= 4 is 6.01 Å². The van der Waals surface area contributed by atoms with Crippen molar-refractivity contribution in [1.82, 2.24) is 10.1 Å². The lowest BCUT2D eigenvalue weighted by atomic mass is 9.79. The minimum absolute atomic E-state index is 0.155. The molecule has 1 aromatic heterocycles. The number of aromatic nitrogens is 2. The van der Waals surface area contributed by atoms with Gasteiger partial charge in [0.15, 0.2) is 11.4 Å². The molecule has 0 unspecified atom stereocenters. The van der Waals surface area contributed by atoms with E-state index in [-0.39, 0.29) is 37.9 Å². The average Bonchev–Trinajstić information content (AvgIpc) is 3.35. The Bertz CT molecular complexity index is 1300. The number of benzene rings is 2. The molecular weight excluding hydrogens is 480 g/mol. The summed E-state index contributed by atoms with van der Waals surface area (Å²) in [5.41, 5.74) is 0.255. The molecule has 196 valence electrons. The van der Waals surface area contributed by atoms with Gasteiger partial charge in [0.2, 0.25) is 0 Å². The number of anilines is 1. The van der Waals surface area contributed by atoms with Crippen LogP contribution in [-0.4, -0.2) is 53.1 Å². The second kappa shape index (κ2) is 8.23. The van der Waals surface area contributed by atoms with Gasteiger partial charge in [-0.15, -0.1) is 0 Å². The molecule has 4 heterocycles. The summed E-state index contributed by atoms with van der Waals surface area (Å²) in [7, 11) is 0. The molecule has 0 radical (unpaired) electrons. The average molecular weight is 512 g/mol. The van der Waals surface area contributed by atoms with Gasteiger partial charge in [-0.05, 0) is 28.8 Å². The standard InChI is InChI=1S/C28H31F2N3O4/c1-25(2,3)23-31-24(37-32-23)33-12-10-27(11-13-33)28(29,30)15-20-14-19(6-9-22(20)36-27)18-4-7-21(8-5-18)26(34)16-35-17-26/h4-9,14,34H,10-13,15-17H2,1-3H3. The maximum Gasteiger partial charge on any atom is 0.324 e. The van der Waals surface area contributed by atoms with Crippen LogP contribution in [0, 0.1) is 0 Å². The topological polar surface area (TPSA) is 80.9 Å². The van der Waals surface area contributed by atoms with Crippen molar-refractivity contribution in [2.24, 2.45) is 0 Å². The number of alkyl halides is 2. The lowest BCUT2D eigenvalue weighted by Gasteiger charge is -2.48. The Kier molecular flexibility index (Phi) is 5.41. The van der Waals surface area contributed by atoms with E-state index >= 15 is 8.78 Å². The number of aliphatic hydroxyl groups is 1. The van der Waals surface area contributed by atoms with Gasteiger partial charge in [0.05, 0.1) is 13.2 Å². The van der Waals surface area contributed by atoms with Crippen molar-refractivity contribution in [3.05, 3.63) is 59.4 Å². The second-order valence-corrected chi connectivity index (χ2v) is 11.5. The van der Waals surface area contributed by atoms with E-state index in [1.165, 1.54) is 0 Å². The molecule has 1 N–H and O–H groups in total. The first-order valence-electron chi connectivity index (χ1n) is 12.7. The zero-order chi connectivity index (χ0) is 26.1. The summed E-state index contributed by atoms with van der Waals surface area (Å²) in [5, 5.41) is 14.5. The molecule has 1 spiro atoms. The van der Waals surface area contributed by atoms with Gasteiger partial charge in [0.1, 0.15) is 11.4 Å². The van der Waals surface area contributed by atoms with Gasteiger partial charge in [0.25, 0.3) is 5.92 Å². The van der Waals surface area contributed by atoms with Crippen molar-refractivity contribution in [3.8, 4) is 16.9 Å². The van der Waals surface area contributed by atoms with Crippen molar-refractivity contribution in [2.45, 2.75) is 62.6 Å². The lowest BCUT2D eigenvalue weighted by molar-refractivity contribution is -0.185. The predicted molar refractivity (Wildman–Crippen MR) is 133 cm³/mol. The number of hydrogen-bond acceptors (Lipinski definition) is 7. The molecule has 0 amide bonds. The van der Waals surface area contributed by atoms with Crippen molar-refractivity contribution in [1.29, 1.82) is 0 Å². The summed E-state index contributed by atoms with van der Waals surface area (Å²) in [5.74, 6) is -1.92. The van der Waals surface area contributed by atoms with Crippen molar-refractivity contribution < 1.29 is 27.9 Å². The summed E-state index contributed by atoms with van der Waals surface area (Å²) in [6.45, 7) is 7.24. The van der Waals surface area contributed by atoms with Crippen LogP contribution in [0.25, 0.3) is 11.1 Å². The van der Waals surface area contributed by atoms with Crippen molar-refractivity contribution in [2.75, 3.05) is 31.2 Å². The molecule has 0 aliphatic carbocycles. The second-order valence-electron chi connectivity index (χ2n) is 11.5. The highest BCUT2D eigenvalue weighted by Gasteiger charge is 2.59. The van der Waals surface area contributed by atoms with Gasteiger partial charge in [-0.25, -0.2) is 8.78 Å². The summed E-state index contributed by atoms with van der Waals surface area (Å²) in [6, 6.07) is 13.4. The van der Waals surface area contributed by atoms with Crippen LogP contribution < -0.4 is 9.64 Å². The Morgan fingerprint density at radius 2 is 1.65 bits per heavy atom. The predicted octanol–water partition coefficient (Wildman–Crippen LogP) is 4.86. The zero-order valence-electron chi connectivity index (χ0n) is 21.3. The number of fused-ring (bicyclic) bond motifs is 1. The minimum Gasteiger partial charge on any atom is -0.481 e. The van der Waals surface area contributed by atoms with E-state index in [4.69, 9.17) is 14.0 Å². The largest absolute Gasteiger partial charge is 0.481 e. The van der Waals surface area contributed by atoms with E-state index < -0.39 is 17.1 Å². The summed E-state index contributed by atoms with van der Waals surface area (Å²) < 4.78 is 47.9. The molecule has 2 fully saturated rings. The van der Waals surface area contributed by atoms with Crippen LogP contribution in [0.2, 0.25) is 0 Å². The van der Waals surface area contributed by atoms with Gasteiger partial charge >= 0.3 is 6.01 Å². The van der Waals surface area contributed by atoms with Gasteiger partial charge in [-0.2, -0.15) is 4.98 Å². The fourth-order valence-corrected chi connectivity index (χ4v) is 5.29. The fraction of sp³-hybridized carbons (Fsp3) is 0.500. The normalized spacial score (nSPS) is 21.7. The van der Waals surface area contributed by atoms with Gasteiger partial charge in [-0.3, -0.25) is 0 Å². The van der Waals surface area contributed by atoms with Gasteiger partial charge < -0.3 is 24.0 Å². The van der Waals surface area contributed by atoms with Crippen LogP contribution in [0.1, 0.15) is 50.6 Å². The molecule has 0 atom stereocenters. The highest BCUT2D eigenvalue weighted by molar-refractivity contribution is 5.66. The quantitative estimate of drug-likeness (QED) is 0.538. The Morgan fingerprint density at radius 3 is 2.24 bits per heavy atom. The number of halogens is 2. The molecule has 3 aromatic rings. The molecular formula is C28H31F2N3O4. The molecule has 9 heteroatoms. The molecule has 37 heavy (non-hydrogen) atoms. The number of piperidine rings is 1. The van der Waals surface area contributed by atoms with Crippen LogP contribution >= 0.6 is 0 Å². The van der Waals surface area contributed by atoms with E-state index in [0.717, 1.165) is 16.7 Å². The lowest BCUT2D eigenvalue weighted by Crippen LogP contribution is -2.61. The first-order chi connectivity index (χ1) is 17.5. The third-order valence-electron chi connectivity index (χ3n) is 7.81. The summed E-state index contributed by atoms with van der Waals surface area (Å²) in [6.07, 6.45) is -0.0644. The SMILES string of the molecule is CC(C)(C)c1noc(N2CCC3(CC2)Oc2ccc(-c4ccc(C5(O)COC5)cc4)cc2CC3(F)F)n1. The highest BCUT2D eigenvalue weighted by atomic mass is 19.3. The van der Waals surface area contributed by atoms with Crippen LogP contribution in [0.15, 0.2) is 47.0 Å². The Morgan fingerprint density at radius 1 is 0.973 bits per heavy atom. The summed E-state index contributed by atoms with van der Waals surface area (Å²) >= 11 is 0. The van der Waals surface area contributed by atoms with Gasteiger partial charge in [-0.1, -0.05) is 56.3 Å². The number of nitrogens with zero attached hydrogens (tertiary/aromatic N) is 3. The Balaban J connectivity index is 1.19. The third-order valence-corrected chi connectivity index (χ3v) is 7.81. The van der Waals surface area contributed by atoms with E-state index in [0.29, 0.717) is 36.2 Å². The fourth-order valence-electron chi connectivity index (χ4n) is 5.29. The van der Waals surface area contributed by atoms with E-state index in [9.17, 15) is 5.11 Å². The maximum absolute atomic E-state index is 15.6. The first-order valence-corrected chi connectivity index (χ1v) is 12.7. The third kappa shape index (κ3) is 4.08. The molecule has 6 rings (SSSR count). The minimum atomic E-state index is -3.02. The highest BCUT2D eigenvalue weighted by Crippen LogP contribution is 2.49. The molecule has 2 aromatic carbocycles. The maximum atomic E-state index is 15.6. The zero-order valence-corrected chi connectivity index (χ0v) is 21.3. The van der Waals surface area contributed by atoms with Crippen LogP contribution in [0.3, 0.4) is 0 Å². The molecule has 3 aliphatic rings. The molecule has 0 saturated carbocycles. The molecule has 0 bridgehead atoms. The number of hydrogen-bond donors (Lipinski definition) is 1. The van der Waals surface area contributed by atoms with Gasteiger partial charge in [0, 0.05) is 43.3 Å². The van der Waals surface area contributed by atoms with Crippen molar-refractivity contribution in [3.63, 3.8) is 0 Å². The first kappa shape index (κ1) is 24.3. The van der Waals surface area contributed by atoms with Crippen LogP contribution in [0.4, 0.5) is 14.8 Å². The van der Waals surface area contributed by atoms with Crippen LogP contribution in [0.5, 0.6) is 5.75 Å². The molecule has 3 aliphatic heterocycles. The number of ether oxygens (including phenoxy) is 2. The smallest absolute Gasteiger partial charge is 0.324 e. The van der Waals surface area contributed by atoms with Crippen LogP contribution in [-0.2, 0) is 22.2 Å². The monoisotopic (exact) mass is 511 g/mol.